The lowest BCUT2D eigenvalue weighted by molar-refractivity contribution is 0.0694. The van der Waals surface area contributed by atoms with Crippen LogP contribution in [0.15, 0.2) is 24.8 Å². The van der Waals surface area contributed by atoms with E-state index in [-0.39, 0.29) is 5.56 Å². The molecule has 0 fully saturated rings. The number of aromatic nitrogens is 4. The van der Waals surface area contributed by atoms with Crippen LogP contribution in [-0.4, -0.2) is 31.0 Å². The zero-order valence-electron chi connectivity index (χ0n) is 9.87. The molecule has 0 radical (unpaired) electrons. The number of hydrogen-bond donors (Lipinski definition) is 1. The summed E-state index contributed by atoms with van der Waals surface area (Å²) in [6.07, 6.45) is 5.75. The number of nitrogens with zero attached hydrogens (tertiary/aromatic N) is 4. The second-order valence-corrected chi connectivity index (χ2v) is 3.70. The van der Waals surface area contributed by atoms with Crippen LogP contribution in [0.1, 0.15) is 29.4 Å². The zero-order chi connectivity index (χ0) is 13.0. The molecule has 0 saturated carbocycles. The van der Waals surface area contributed by atoms with Gasteiger partial charge in [-0.3, -0.25) is 0 Å². The van der Waals surface area contributed by atoms with Crippen molar-refractivity contribution in [1.29, 1.82) is 0 Å². The van der Waals surface area contributed by atoms with Gasteiger partial charge in [0.05, 0.1) is 11.3 Å². The first kappa shape index (κ1) is 12.1. The molecule has 0 aromatic carbocycles. The van der Waals surface area contributed by atoms with E-state index in [1.54, 1.807) is 12.3 Å². The van der Waals surface area contributed by atoms with Crippen LogP contribution in [-0.2, 0) is 6.42 Å². The predicted molar refractivity (Wildman–Crippen MR) is 64.0 cm³/mol. The van der Waals surface area contributed by atoms with Crippen molar-refractivity contribution in [3.63, 3.8) is 0 Å². The summed E-state index contributed by atoms with van der Waals surface area (Å²) in [5, 5.41) is 9.05. The summed E-state index contributed by atoms with van der Waals surface area (Å²) in [7, 11) is 0. The Balaban J connectivity index is 2.46. The first-order chi connectivity index (χ1) is 8.72. The van der Waals surface area contributed by atoms with Gasteiger partial charge in [-0.25, -0.2) is 24.7 Å². The minimum Gasteiger partial charge on any atom is -0.478 e. The highest BCUT2D eigenvalue weighted by molar-refractivity contribution is 5.88. The summed E-state index contributed by atoms with van der Waals surface area (Å²) >= 11 is 0. The lowest BCUT2D eigenvalue weighted by atomic mass is 10.1. The number of aryl methyl sites for hydroxylation is 1. The zero-order valence-corrected chi connectivity index (χ0v) is 9.87. The van der Waals surface area contributed by atoms with E-state index in [1.807, 2.05) is 6.92 Å². The molecule has 0 aliphatic heterocycles. The Bertz CT molecular complexity index is 557. The van der Waals surface area contributed by atoms with E-state index in [0.29, 0.717) is 23.6 Å². The van der Waals surface area contributed by atoms with Crippen molar-refractivity contribution in [3.05, 3.63) is 36.0 Å². The van der Waals surface area contributed by atoms with Crippen LogP contribution < -0.4 is 0 Å². The highest BCUT2D eigenvalue weighted by Gasteiger charge is 2.13. The molecule has 2 rings (SSSR count). The van der Waals surface area contributed by atoms with Crippen LogP contribution in [0.3, 0.4) is 0 Å². The van der Waals surface area contributed by atoms with Gasteiger partial charge in [-0.15, -0.1) is 0 Å². The summed E-state index contributed by atoms with van der Waals surface area (Å²) in [4.78, 5) is 27.2. The van der Waals surface area contributed by atoms with Crippen LogP contribution in [0.2, 0.25) is 0 Å². The summed E-state index contributed by atoms with van der Waals surface area (Å²) in [5.74, 6) is -0.585. The first-order valence-electron chi connectivity index (χ1n) is 5.58. The van der Waals surface area contributed by atoms with Gasteiger partial charge in [-0.05, 0) is 12.5 Å². The molecule has 2 heterocycles. The van der Waals surface area contributed by atoms with Crippen LogP contribution in [0.5, 0.6) is 0 Å². The summed E-state index contributed by atoms with van der Waals surface area (Å²) < 4.78 is 0. The molecule has 6 nitrogen and oxygen atoms in total. The molecule has 0 atom stereocenters. The number of carbonyl (C=O) groups is 1. The Labute approximate surface area is 104 Å². The third kappa shape index (κ3) is 2.48. The minimum atomic E-state index is -1.01. The van der Waals surface area contributed by atoms with Gasteiger partial charge in [0.1, 0.15) is 12.0 Å². The van der Waals surface area contributed by atoms with Gasteiger partial charge in [0, 0.05) is 12.4 Å². The Morgan fingerprint density at radius 2 is 2.22 bits per heavy atom. The van der Waals surface area contributed by atoms with Crippen LogP contribution in [0.25, 0.3) is 11.5 Å². The maximum Gasteiger partial charge on any atom is 0.339 e. The molecule has 0 spiro atoms. The molecule has 2 aromatic rings. The molecule has 0 saturated heterocycles. The average molecular weight is 244 g/mol. The molecule has 0 aliphatic carbocycles. The molecule has 92 valence electrons. The Morgan fingerprint density at radius 1 is 1.39 bits per heavy atom. The van der Waals surface area contributed by atoms with E-state index in [0.717, 1.165) is 6.42 Å². The largest absolute Gasteiger partial charge is 0.478 e. The normalized spacial score (nSPS) is 10.3. The molecule has 0 unspecified atom stereocenters. The lowest BCUT2D eigenvalue weighted by Gasteiger charge is -2.05. The van der Waals surface area contributed by atoms with Crippen LogP contribution in [0.4, 0.5) is 0 Å². The van der Waals surface area contributed by atoms with Gasteiger partial charge in [0.15, 0.2) is 5.82 Å². The Kier molecular flexibility index (Phi) is 3.57. The molecule has 18 heavy (non-hydrogen) atoms. The van der Waals surface area contributed by atoms with Crippen molar-refractivity contribution in [2.45, 2.75) is 19.8 Å². The van der Waals surface area contributed by atoms with E-state index in [2.05, 4.69) is 19.9 Å². The van der Waals surface area contributed by atoms with Gasteiger partial charge in [0.2, 0.25) is 0 Å². The maximum atomic E-state index is 11.0. The van der Waals surface area contributed by atoms with E-state index in [4.69, 9.17) is 5.11 Å². The third-order valence-electron chi connectivity index (χ3n) is 2.40. The molecule has 0 bridgehead atoms. The quantitative estimate of drug-likeness (QED) is 0.878. The lowest BCUT2D eigenvalue weighted by Crippen LogP contribution is -2.07. The van der Waals surface area contributed by atoms with Gasteiger partial charge in [-0.1, -0.05) is 13.3 Å². The first-order valence-corrected chi connectivity index (χ1v) is 5.58. The Morgan fingerprint density at radius 3 is 2.83 bits per heavy atom. The molecular weight excluding hydrogens is 232 g/mol. The second kappa shape index (κ2) is 5.31. The number of aromatic carboxylic acids is 1. The fraction of sp³-hybridized carbons (Fsp3) is 0.250. The number of rotatable bonds is 4. The average Bonchev–Trinajstić information content (AvgIpc) is 2.40. The van der Waals surface area contributed by atoms with Crippen molar-refractivity contribution in [1.82, 2.24) is 19.9 Å². The van der Waals surface area contributed by atoms with Crippen LogP contribution in [0, 0.1) is 0 Å². The summed E-state index contributed by atoms with van der Waals surface area (Å²) in [5.41, 5.74) is 1.27. The second-order valence-electron chi connectivity index (χ2n) is 3.70. The minimum absolute atomic E-state index is 0.148. The van der Waals surface area contributed by atoms with E-state index >= 15 is 0 Å². The molecular formula is C12H12N4O2. The van der Waals surface area contributed by atoms with Crippen LogP contribution >= 0.6 is 0 Å². The predicted octanol–water partition coefficient (Wildman–Crippen LogP) is 1.58. The van der Waals surface area contributed by atoms with E-state index in [9.17, 15) is 4.79 Å². The highest BCUT2D eigenvalue weighted by Crippen LogP contribution is 2.14. The van der Waals surface area contributed by atoms with Crippen molar-refractivity contribution >= 4 is 5.97 Å². The smallest absolute Gasteiger partial charge is 0.339 e. The summed E-state index contributed by atoms with van der Waals surface area (Å²) in [6, 6.07) is 1.69. The Hall–Kier alpha value is -2.37. The monoisotopic (exact) mass is 244 g/mol. The van der Waals surface area contributed by atoms with Crippen molar-refractivity contribution in [2.24, 2.45) is 0 Å². The van der Waals surface area contributed by atoms with Crippen molar-refractivity contribution in [3.8, 4) is 11.5 Å². The van der Waals surface area contributed by atoms with Gasteiger partial charge in [0.25, 0.3) is 0 Å². The van der Waals surface area contributed by atoms with Gasteiger partial charge < -0.3 is 5.11 Å². The van der Waals surface area contributed by atoms with Crippen molar-refractivity contribution < 1.29 is 9.90 Å². The topological polar surface area (TPSA) is 88.9 Å². The molecule has 2 aromatic heterocycles. The van der Waals surface area contributed by atoms with Gasteiger partial charge >= 0.3 is 5.97 Å². The fourth-order valence-corrected chi connectivity index (χ4v) is 1.57. The SMILES string of the molecule is CCCc1nc(-c2ccncn2)ncc1C(=O)O. The van der Waals surface area contributed by atoms with E-state index < -0.39 is 5.97 Å². The highest BCUT2D eigenvalue weighted by atomic mass is 16.4. The fourth-order valence-electron chi connectivity index (χ4n) is 1.57. The number of hydrogen-bond acceptors (Lipinski definition) is 5. The van der Waals surface area contributed by atoms with Crippen molar-refractivity contribution in [2.75, 3.05) is 0 Å². The van der Waals surface area contributed by atoms with E-state index in [1.165, 1.54) is 12.5 Å². The number of carboxylic acids is 1. The molecule has 0 aliphatic rings. The van der Waals surface area contributed by atoms with Gasteiger partial charge in [-0.2, -0.15) is 0 Å². The maximum absolute atomic E-state index is 11.0. The standard InChI is InChI=1S/C12H12N4O2/c1-2-3-9-8(12(17)18)6-14-11(16-9)10-4-5-13-7-15-10/h4-7H,2-3H2,1H3,(H,17,18). The molecule has 1 N–H and O–H groups in total. The molecule has 0 amide bonds. The summed E-state index contributed by atoms with van der Waals surface area (Å²) in [6.45, 7) is 1.97. The molecule has 6 heteroatoms. The number of carboxylic acid groups (broad SMARTS) is 1. The third-order valence-corrected chi connectivity index (χ3v) is 2.40.